The van der Waals surface area contributed by atoms with Crippen molar-refractivity contribution in [1.29, 1.82) is 0 Å². The molecule has 2 aromatic heterocycles. The number of nitrogens with one attached hydrogen (secondary N) is 1. The first-order valence-corrected chi connectivity index (χ1v) is 13.5. The van der Waals surface area contributed by atoms with E-state index in [1.54, 1.807) is 35.8 Å². The number of imidazole rings is 1. The van der Waals surface area contributed by atoms with Crippen LogP contribution in [0.2, 0.25) is 0 Å². The van der Waals surface area contributed by atoms with Crippen molar-refractivity contribution in [2.75, 3.05) is 32.4 Å². The fourth-order valence-electron chi connectivity index (χ4n) is 3.68. The molecule has 0 radical (unpaired) electrons. The molecular formula is C25H27FN5O7P. The van der Waals surface area contributed by atoms with E-state index in [1.807, 2.05) is 0 Å². The van der Waals surface area contributed by atoms with E-state index in [2.05, 4.69) is 15.0 Å². The van der Waals surface area contributed by atoms with Crippen LogP contribution in [0.15, 0.2) is 53.6 Å². The van der Waals surface area contributed by atoms with Crippen LogP contribution in [0.4, 0.5) is 10.3 Å². The van der Waals surface area contributed by atoms with E-state index in [1.165, 1.54) is 31.6 Å². The summed E-state index contributed by atoms with van der Waals surface area (Å²) >= 11 is 0. The number of fused-ring (bicyclic) bond motifs is 1. The van der Waals surface area contributed by atoms with Crippen LogP contribution in [0.1, 0.15) is 21.5 Å². The zero-order valence-corrected chi connectivity index (χ0v) is 22.2. The number of anilines is 1. The van der Waals surface area contributed by atoms with Gasteiger partial charge in [-0.25, -0.2) is 9.37 Å². The van der Waals surface area contributed by atoms with Crippen LogP contribution < -0.4 is 16.0 Å². The lowest BCUT2D eigenvalue weighted by Gasteiger charge is -2.19. The Kier molecular flexibility index (Phi) is 8.87. The summed E-state index contributed by atoms with van der Waals surface area (Å²) in [5.74, 6) is -0.337. The van der Waals surface area contributed by atoms with Crippen LogP contribution in [0.5, 0.6) is 5.75 Å². The van der Waals surface area contributed by atoms with Gasteiger partial charge in [0.2, 0.25) is 5.95 Å². The van der Waals surface area contributed by atoms with Gasteiger partial charge in [0, 0.05) is 12.1 Å². The standard InChI is InChI=1S/C25H27FN5O7P/c1-16-10-18(6-7-21(16)35-2)20(32)13-38-39(34,37-12-17-4-3-5-19(26)11-17)15-36-9-8-31-14-28-22-23(31)29-25(27)30-24(22)33/h3-7,10-11,14H,8-9,12-13,15H2,1-2H3,(H3,27,29,30,33). The molecule has 1 unspecified atom stereocenters. The SMILES string of the molecule is COc1ccc(C(=O)COP(=O)(COCCn2cnc3c(=O)[nH]c(N)nc32)OCc2cccc(F)c2)cc1C. The van der Waals surface area contributed by atoms with Gasteiger partial charge in [-0.2, -0.15) is 4.98 Å². The highest BCUT2D eigenvalue weighted by atomic mass is 31.2. The number of methoxy groups -OCH3 is 1. The predicted molar refractivity (Wildman–Crippen MR) is 140 cm³/mol. The van der Waals surface area contributed by atoms with E-state index in [9.17, 15) is 18.5 Å². The van der Waals surface area contributed by atoms with Crippen molar-refractivity contribution in [1.82, 2.24) is 19.5 Å². The fourth-order valence-corrected chi connectivity index (χ4v) is 4.91. The maximum atomic E-state index is 13.6. The molecule has 0 amide bonds. The molecule has 39 heavy (non-hydrogen) atoms. The zero-order chi connectivity index (χ0) is 28.0. The number of aromatic nitrogens is 4. The number of rotatable bonds is 13. The quantitative estimate of drug-likeness (QED) is 0.141. The Labute approximate surface area is 222 Å². The molecule has 3 N–H and O–H groups in total. The van der Waals surface area contributed by atoms with Gasteiger partial charge in [-0.1, -0.05) is 12.1 Å². The normalized spacial score (nSPS) is 12.9. The van der Waals surface area contributed by atoms with Crippen LogP contribution in [-0.4, -0.2) is 52.0 Å². The van der Waals surface area contributed by atoms with E-state index >= 15 is 0 Å². The first-order valence-electron chi connectivity index (χ1n) is 11.8. The number of aromatic amines is 1. The number of nitrogen functional groups attached to an aromatic ring is 1. The third-order valence-electron chi connectivity index (χ3n) is 5.65. The van der Waals surface area contributed by atoms with Gasteiger partial charge in [0.1, 0.15) is 24.5 Å². The van der Waals surface area contributed by atoms with E-state index in [0.29, 0.717) is 16.9 Å². The smallest absolute Gasteiger partial charge is 0.356 e. The lowest BCUT2D eigenvalue weighted by Crippen LogP contribution is -2.14. The molecule has 206 valence electrons. The van der Waals surface area contributed by atoms with Gasteiger partial charge in [-0.15, -0.1) is 0 Å². The first-order chi connectivity index (χ1) is 18.7. The molecular weight excluding hydrogens is 532 g/mol. The highest BCUT2D eigenvalue weighted by molar-refractivity contribution is 7.53. The van der Waals surface area contributed by atoms with Gasteiger partial charge in [-0.05, 0) is 48.4 Å². The average molecular weight is 559 g/mol. The molecule has 2 aromatic carbocycles. The molecule has 2 heterocycles. The summed E-state index contributed by atoms with van der Waals surface area (Å²) in [5, 5.41) is 0. The summed E-state index contributed by atoms with van der Waals surface area (Å²) in [5.41, 5.74) is 7.04. The Hall–Kier alpha value is -3.90. The van der Waals surface area contributed by atoms with Gasteiger partial charge >= 0.3 is 7.60 Å². The molecule has 4 rings (SSSR count). The molecule has 0 spiro atoms. The van der Waals surface area contributed by atoms with E-state index in [0.717, 1.165) is 5.56 Å². The van der Waals surface area contributed by atoms with Crippen molar-refractivity contribution in [3.05, 3.63) is 81.7 Å². The lowest BCUT2D eigenvalue weighted by atomic mass is 10.1. The summed E-state index contributed by atoms with van der Waals surface area (Å²) in [6, 6.07) is 10.5. The lowest BCUT2D eigenvalue weighted by molar-refractivity contribution is 0.0855. The molecule has 1 atom stereocenters. The maximum absolute atomic E-state index is 13.6. The van der Waals surface area contributed by atoms with Crippen LogP contribution in [0, 0.1) is 12.7 Å². The number of nitrogens with two attached hydrogens (primary N) is 1. The Morgan fingerprint density at radius 3 is 2.77 bits per heavy atom. The Balaban J connectivity index is 1.41. The maximum Gasteiger partial charge on any atom is 0.356 e. The summed E-state index contributed by atoms with van der Waals surface area (Å²) in [7, 11) is -2.45. The van der Waals surface area contributed by atoms with Crippen molar-refractivity contribution in [2.45, 2.75) is 20.1 Å². The van der Waals surface area contributed by atoms with Crippen LogP contribution in [0.25, 0.3) is 11.2 Å². The van der Waals surface area contributed by atoms with Crippen molar-refractivity contribution >= 4 is 30.5 Å². The zero-order valence-electron chi connectivity index (χ0n) is 21.3. The van der Waals surface area contributed by atoms with Gasteiger partial charge in [0.25, 0.3) is 5.56 Å². The topological polar surface area (TPSA) is 161 Å². The number of benzene rings is 2. The summed E-state index contributed by atoms with van der Waals surface area (Å²) in [6.45, 7) is 1.24. The average Bonchev–Trinajstić information content (AvgIpc) is 3.32. The summed E-state index contributed by atoms with van der Waals surface area (Å²) in [6.07, 6.45) is 0.918. The number of ketones is 1. The molecule has 0 fully saturated rings. The van der Waals surface area contributed by atoms with E-state index in [4.69, 9.17) is 24.3 Å². The number of Topliss-reactive ketones (excluding diaryl/α,β-unsaturated/α-hetero) is 1. The predicted octanol–water partition coefficient (Wildman–Crippen LogP) is 3.44. The molecule has 0 aliphatic heterocycles. The van der Waals surface area contributed by atoms with Crippen molar-refractivity contribution in [2.24, 2.45) is 0 Å². The molecule has 14 heteroatoms. The molecule has 4 aromatic rings. The third kappa shape index (κ3) is 7.15. The molecule has 12 nitrogen and oxygen atoms in total. The minimum absolute atomic E-state index is 0.0160. The number of carbonyl (C=O) groups excluding carboxylic acids is 1. The number of H-pyrrole nitrogens is 1. The Morgan fingerprint density at radius 1 is 1.21 bits per heavy atom. The number of aryl methyl sites for hydroxylation is 1. The number of carbonyl (C=O) groups is 1. The van der Waals surface area contributed by atoms with Crippen LogP contribution >= 0.6 is 7.60 Å². The minimum atomic E-state index is -3.98. The van der Waals surface area contributed by atoms with Crippen molar-refractivity contribution in [3.8, 4) is 5.75 Å². The second-order valence-electron chi connectivity index (χ2n) is 8.49. The second-order valence-corrected chi connectivity index (χ2v) is 10.5. The first kappa shape index (κ1) is 28.1. The number of hydrogen-bond acceptors (Lipinski definition) is 10. The highest BCUT2D eigenvalue weighted by Crippen LogP contribution is 2.49. The largest absolute Gasteiger partial charge is 0.496 e. The monoisotopic (exact) mass is 559 g/mol. The second kappa shape index (κ2) is 12.3. The molecule has 0 aliphatic carbocycles. The number of ether oxygens (including phenoxy) is 2. The Bertz CT molecular complexity index is 1590. The van der Waals surface area contributed by atoms with Gasteiger partial charge < -0.3 is 24.3 Å². The van der Waals surface area contributed by atoms with Gasteiger partial charge in [0.05, 0.1) is 26.7 Å². The van der Waals surface area contributed by atoms with Crippen molar-refractivity contribution < 1.29 is 32.3 Å². The van der Waals surface area contributed by atoms with Crippen molar-refractivity contribution in [3.63, 3.8) is 0 Å². The molecule has 0 bridgehead atoms. The fraction of sp³-hybridized carbons (Fsp3) is 0.280. The number of hydrogen-bond donors (Lipinski definition) is 2. The van der Waals surface area contributed by atoms with Gasteiger partial charge in [-0.3, -0.25) is 23.7 Å². The summed E-state index contributed by atoms with van der Waals surface area (Å²) < 4.78 is 50.4. The van der Waals surface area contributed by atoms with Gasteiger partial charge in [0.15, 0.2) is 16.9 Å². The number of nitrogens with zero attached hydrogens (tertiary/aromatic N) is 3. The molecule has 0 saturated carbocycles. The highest BCUT2D eigenvalue weighted by Gasteiger charge is 2.27. The minimum Gasteiger partial charge on any atom is -0.496 e. The molecule has 0 saturated heterocycles. The Morgan fingerprint density at radius 2 is 2.03 bits per heavy atom. The van der Waals surface area contributed by atoms with Crippen LogP contribution in [-0.2, 0) is 31.5 Å². The number of halogens is 1. The third-order valence-corrected chi connectivity index (χ3v) is 7.19. The van der Waals surface area contributed by atoms with E-state index in [-0.39, 0.29) is 36.9 Å². The van der Waals surface area contributed by atoms with Crippen LogP contribution in [0.3, 0.4) is 0 Å². The molecule has 0 aliphatic rings. The summed E-state index contributed by atoms with van der Waals surface area (Å²) in [4.78, 5) is 35.2. The van der Waals surface area contributed by atoms with E-state index < -0.39 is 37.7 Å².